The van der Waals surface area contributed by atoms with Gasteiger partial charge in [-0.05, 0) is 31.2 Å². The van der Waals surface area contributed by atoms with Crippen LogP contribution in [0, 0.1) is 17.0 Å². The zero-order valence-corrected chi connectivity index (χ0v) is 15.6. The maximum Gasteiger partial charge on any atom is 0.275 e. The molecule has 0 aliphatic carbocycles. The van der Waals surface area contributed by atoms with Crippen molar-refractivity contribution in [2.75, 3.05) is 5.32 Å². The molecule has 0 spiro atoms. The molecule has 0 aliphatic rings. The highest BCUT2D eigenvalue weighted by Crippen LogP contribution is 2.39. The summed E-state index contributed by atoms with van der Waals surface area (Å²) in [6.07, 6.45) is 1.63. The highest BCUT2D eigenvalue weighted by atomic mass is 16.6. The maximum atomic E-state index is 11.6. The second-order valence-corrected chi connectivity index (χ2v) is 6.64. The first-order valence-electron chi connectivity index (χ1n) is 9.04. The number of anilines is 1. The van der Waals surface area contributed by atoms with Crippen molar-refractivity contribution in [3.8, 4) is 5.75 Å². The van der Waals surface area contributed by atoms with Crippen molar-refractivity contribution in [3.05, 3.63) is 99.9 Å². The molecule has 0 aliphatic heterocycles. The monoisotopic (exact) mass is 386 g/mol. The second kappa shape index (κ2) is 7.55. The van der Waals surface area contributed by atoms with Crippen LogP contribution in [0.4, 0.5) is 11.5 Å². The zero-order valence-electron chi connectivity index (χ0n) is 15.6. The normalized spacial score (nSPS) is 11.9. The van der Waals surface area contributed by atoms with Crippen molar-refractivity contribution in [1.82, 2.24) is 9.97 Å². The summed E-state index contributed by atoms with van der Waals surface area (Å²) in [5.74, 6) is 0.519. The van der Waals surface area contributed by atoms with E-state index in [1.165, 1.54) is 6.07 Å². The highest BCUT2D eigenvalue weighted by Gasteiger charge is 2.26. The quantitative estimate of drug-likeness (QED) is 0.379. The van der Waals surface area contributed by atoms with Crippen LogP contribution in [0.25, 0.3) is 10.9 Å². The number of nitrogens with zero attached hydrogens (tertiary/aromatic N) is 3. The summed E-state index contributed by atoms with van der Waals surface area (Å²) < 4.78 is 0. The molecule has 0 saturated carbocycles. The largest absolute Gasteiger partial charge is 0.505 e. The number of aryl methyl sites for hydroxylation is 1. The van der Waals surface area contributed by atoms with Gasteiger partial charge in [-0.15, -0.1) is 0 Å². The van der Waals surface area contributed by atoms with Crippen LogP contribution >= 0.6 is 0 Å². The lowest BCUT2D eigenvalue weighted by molar-refractivity contribution is -0.385. The number of fused-ring (bicyclic) bond motifs is 1. The minimum Gasteiger partial charge on any atom is -0.505 e. The number of nitro benzene ring substituents is 1. The zero-order chi connectivity index (χ0) is 20.4. The average Bonchev–Trinajstić information content (AvgIpc) is 2.74. The number of pyridine rings is 2. The first-order chi connectivity index (χ1) is 14.0. The molecule has 2 N–H and O–H groups in total. The molecular formula is C22H18N4O3. The Kier molecular flexibility index (Phi) is 4.78. The third-order valence-corrected chi connectivity index (χ3v) is 4.72. The Morgan fingerprint density at radius 1 is 1.00 bits per heavy atom. The Morgan fingerprint density at radius 3 is 2.52 bits per heavy atom. The number of phenolic OH excluding ortho intramolecular Hbond substituents is 1. The molecule has 1 atom stereocenters. The molecule has 2 aromatic heterocycles. The smallest absolute Gasteiger partial charge is 0.275 e. The number of aromatic hydroxyl groups is 1. The second-order valence-electron chi connectivity index (χ2n) is 6.64. The number of nitrogens with one attached hydrogen (secondary N) is 1. The summed E-state index contributed by atoms with van der Waals surface area (Å²) in [5.41, 5.74) is 2.08. The molecule has 0 unspecified atom stereocenters. The van der Waals surface area contributed by atoms with Gasteiger partial charge in [0.2, 0.25) is 0 Å². The molecule has 0 fully saturated rings. The summed E-state index contributed by atoms with van der Waals surface area (Å²) in [4.78, 5) is 19.9. The fourth-order valence-electron chi connectivity index (χ4n) is 3.34. The van der Waals surface area contributed by atoms with Crippen molar-refractivity contribution in [2.24, 2.45) is 0 Å². The number of hydrogen-bond donors (Lipinski definition) is 2. The first-order valence-corrected chi connectivity index (χ1v) is 9.04. The van der Waals surface area contributed by atoms with Crippen LogP contribution in [0.1, 0.15) is 22.9 Å². The number of rotatable bonds is 5. The minimum atomic E-state index is -0.696. The van der Waals surface area contributed by atoms with Crippen LogP contribution in [0.5, 0.6) is 5.75 Å². The number of para-hydroxylation sites is 1. The lowest BCUT2D eigenvalue weighted by Gasteiger charge is -2.22. The molecule has 0 amide bonds. The number of phenols is 1. The molecule has 2 aromatic carbocycles. The standard InChI is InChI=1S/C22H18N4O3/c1-14-9-10-15-11-12-17(22(27)20(15)24-14)21(25-19-8-4-5-13-23-19)16-6-2-3-7-18(16)26(28)29/h2-13,21,27H,1H3,(H,23,25)/t21-/m1/s1. The van der Waals surface area contributed by atoms with Gasteiger partial charge in [-0.1, -0.05) is 36.4 Å². The van der Waals surface area contributed by atoms with Gasteiger partial charge >= 0.3 is 0 Å². The van der Waals surface area contributed by atoms with Gasteiger partial charge in [-0.3, -0.25) is 10.1 Å². The maximum absolute atomic E-state index is 11.6. The Bertz CT molecular complexity index is 1200. The van der Waals surface area contributed by atoms with Crippen molar-refractivity contribution in [2.45, 2.75) is 13.0 Å². The van der Waals surface area contributed by atoms with Gasteiger partial charge in [0.15, 0.2) is 0 Å². The highest BCUT2D eigenvalue weighted by molar-refractivity contribution is 5.86. The fraction of sp³-hybridized carbons (Fsp3) is 0.0909. The van der Waals surface area contributed by atoms with E-state index >= 15 is 0 Å². The molecule has 2 heterocycles. The molecule has 0 radical (unpaired) electrons. The first kappa shape index (κ1) is 18.4. The van der Waals surface area contributed by atoms with E-state index in [1.807, 2.05) is 31.2 Å². The van der Waals surface area contributed by atoms with Crippen LogP contribution in [0.3, 0.4) is 0 Å². The van der Waals surface area contributed by atoms with Gasteiger partial charge in [-0.2, -0.15) is 0 Å². The number of benzene rings is 2. The Morgan fingerprint density at radius 2 is 1.76 bits per heavy atom. The van der Waals surface area contributed by atoms with Gasteiger partial charge in [0.1, 0.15) is 17.1 Å². The van der Waals surface area contributed by atoms with Crippen LogP contribution in [-0.2, 0) is 0 Å². The molecule has 0 bridgehead atoms. The van der Waals surface area contributed by atoms with Crippen LogP contribution < -0.4 is 5.32 Å². The van der Waals surface area contributed by atoms with E-state index in [9.17, 15) is 15.2 Å². The predicted molar refractivity (Wildman–Crippen MR) is 111 cm³/mol. The van der Waals surface area contributed by atoms with E-state index in [4.69, 9.17) is 0 Å². The van der Waals surface area contributed by atoms with Gasteiger partial charge in [0.05, 0.1) is 16.5 Å². The molecule has 4 rings (SSSR count). The molecular weight excluding hydrogens is 368 g/mol. The lowest BCUT2D eigenvalue weighted by atomic mass is 9.95. The third kappa shape index (κ3) is 3.58. The summed E-state index contributed by atoms with van der Waals surface area (Å²) in [6, 6.07) is 18.5. The molecule has 7 heteroatoms. The van der Waals surface area contributed by atoms with Crippen molar-refractivity contribution in [3.63, 3.8) is 0 Å². The SMILES string of the molecule is Cc1ccc2ccc([C@H](Nc3ccccn3)c3ccccc3[N+](=O)[O-])c(O)c2n1. The van der Waals surface area contributed by atoms with Gasteiger partial charge in [0, 0.05) is 28.9 Å². The molecule has 7 nitrogen and oxygen atoms in total. The van der Waals surface area contributed by atoms with Crippen molar-refractivity contribution in [1.29, 1.82) is 0 Å². The van der Waals surface area contributed by atoms with E-state index in [0.29, 0.717) is 22.5 Å². The van der Waals surface area contributed by atoms with Gasteiger partial charge in [0.25, 0.3) is 5.69 Å². The molecule has 4 aromatic rings. The van der Waals surface area contributed by atoms with E-state index in [1.54, 1.807) is 42.6 Å². The van der Waals surface area contributed by atoms with Crippen LogP contribution in [-0.4, -0.2) is 20.0 Å². The number of aromatic nitrogens is 2. The van der Waals surface area contributed by atoms with Crippen molar-refractivity contribution >= 4 is 22.4 Å². The van der Waals surface area contributed by atoms with E-state index in [0.717, 1.165) is 11.1 Å². The summed E-state index contributed by atoms with van der Waals surface area (Å²) in [7, 11) is 0. The lowest BCUT2D eigenvalue weighted by Crippen LogP contribution is -2.15. The Labute approximate surface area is 166 Å². The minimum absolute atomic E-state index is 0.0159. The molecule has 144 valence electrons. The summed E-state index contributed by atoms with van der Waals surface area (Å²) >= 11 is 0. The number of hydrogen-bond acceptors (Lipinski definition) is 6. The van der Waals surface area contributed by atoms with Crippen LogP contribution in [0.2, 0.25) is 0 Å². The van der Waals surface area contributed by atoms with E-state index in [-0.39, 0.29) is 11.4 Å². The van der Waals surface area contributed by atoms with E-state index in [2.05, 4.69) is 15.3 Å². The summed E-state index contributed by atoms with van der Waals surface area (Å²) in [6.45, 7) is 1.84. The van der Waals surface area contributed by atoms with Crippen LogP contribution in [0.15, 0.2) is 72.9 Å². The van der Waals surface area contributed by atoms with E-state index < -0.39 is 11.0 Å². The Balaban J connectivity index is 1.93. The predicted octanol–water partition coefficient (Wildman–Crippen LogP) is 4.75. The topological polar surface area (TPSA) is 101 Å². The molecule has 0 saturated heterocycles. The third-order valence-electron chi connectivity index (χ3n) is 4.72. The molecule has 29 heavy (non-hydrogen) atoms. The fourth-order valence-corrected chi connectivity index (χ4v) is 3.34. The Hall–Kier alpha value is -4.00. The van der Waals surface area contributed by atoms with Gasteiger partial charge < -0.3 is 10.4 Å². The van der Waals surface area contributed by atoms with Gasteiger partial charge in [-0.25, -0.2) is 9.97 Å². The van der Waals surface area contributed by atoms with Crippen molar-refractivity contribution < 1.29 is 10.0 Å². The summed E-state index contributed by atoms with van der Waals surface area (Å²) in [5, 5.41) is 26.7. The number of nitro groups is 1. The average molecular weight is 386 g/mol.